The van der Waals surface area contributed by atoms with E-state index in [1.54, 1.807) is 0 Å². The maximum Gasteiger partial charge on any atom is 0.205 e. The monoisotopic (exact) mass is 264 g/mol. The summed E-state index contributed by atoms with van der Waals surface area (Å²) in [6, 6.07) is 0.474. The molecule has 0 aromatic rings. The standard InChI is InChI=1S/C15H28N4/c1-3-17-14(19-16)18-10(2)15-7-11-4-12(8-15)6-13(5-11)9-15/h10-13H,3-9,16H2,1-2H3,(H2,17,18,19). The van der Waals surface area contributed by atoms with Crippen LogP contribution in [0.25, 0.3) is 0 Å². The van der Waals surface area contributed by atoms with E-state index in [0.29, 0.717) is 11.5 Å². The average Bonchev–Trinajstić information content (AvgIpc) is 2.36. The Morgan fingerprint density at radius 2 is 1.74 bits per heavy atom. The van der Waals surface area contributed by atoms with Gasteiger partial charge in [0.15, 0.2) is 0 Å². The van der Waals surface area contributed by atoms with Crippen molar-refractivity contribution in [2.24, 2.45) is 34.0 Å². The van der Waals surface area contributed by atoms with Crippen LogP contribution in [0.15, 0.2) is 4.99 Å². The number of hydrazine groups is 1. The van der Waals surface area contributed by atoms with Gasteiger partial charge in [-0.3, -0.25) is 10.4 Å². The van der Waals surface area contributed by atoms with Gasteiger partial charge in [-0.15, -0.1) is 0 Å². The second-order valence-corrected chi connectivity index (χ2v) is 7.11. The number of rotatable bonds is 3. The Balaban J connectivity index is 1.72. The van der Waals surface area contributed by atoms with Crippen LogP contribution in [0.3, 0.4) is 0 Å². The van der Waals surface area contributed by atoms with Crippen LogP contribution in [0, 0.1) is 23.2 Å². The highest BCUT2D eigenvalue weighted by atomic mass is 15.3. The van der Waals surface area contributed by atoms with Crippen molar-refractivity contribution < 1.29 is 0 Å². The van der Waals surface area contributed by atoms with E-state index in [0.717, 1.165) is 30.3 Å². The van der Waals surface area contributed by atoms with E-state index < -0.39 is 0 Å². The predicted molar refractivity (Wildman–Crippen MR) is 78.5 cm³/mol. The van der Waals surface area contributed by atoms with Crippen LogP contribution in [0.2, 0.25) is 0 Å². The highest BCUT2D eigenvalue weighted by Gasteiger charge is 2.53. The number of hydrogen-bond acceptors (Lipinski definition) is 2. The molecule has 4 fully saturated rings. The van der Waals surface area contributed by atoms with E-state index in [4.69, 9.17) is 5.84 Å². The van der Waals surface area contributed by atoms with Crippen LogP contribution in [-0.2, 0) is 0 Å². The minimum Gasteiger partial charge on any atom is -0.352 e. The summed E-state index contributed by atoms with van der Waals surface area (Å²) in [5.41, 5.74) is 3.20. The van der Waals surface area contributed by atoms with Crippen molar-refractivity contribution in [3.63, 3.8) is 0 Å². The van der Waals surface area contributed by atoms with Gasteiger partial charge in [0.1, 0.15) is 0 Å². The van der Waals surface area contributed by atoms with Crippen molar-refractivity contribution in [3.05, 3.63) is 0 Å². The molecule has 0 saturated heterocycles. The molecular formula is C15H28N4. The Bertz CT molecular complexity index is 328. The first-order valence-electron chi connectivity index (χ1n) is 7.93. The molecule has 0 heterocycles. The molecule has 19 heavy (non-hydrogen) atoms. The molecule has 1 atom stereocenters. The largest absolute Gasteiger partial charge is 0.352 e. The third-order valence-electron chi connectivity index (χ3n) is 5.81. The Hall–Kier alpha value is -0.770. The van der Waals surface area contributed by atoms with Gasteiger partial charge in [0.2, 0.25) is 5.96 Å². The molecule has 4 nitrogen and oxygen atoms in total. The van der Waals surface area contributed by atoms with Crippen LogP contribution < -0.4 is 16.6 Å². The van der Waals surface area contributed by atoms with Crippen molar-refractivity contribution in [1.29, 1.82) is 0 Å². The van der Waals surface area contributed by atoms with Crippen molar-refractivity contribution in [2.75, 3.05) is 6.54 Å². The molecule has 4 aliphatic rings. The maximum atomic E-state index is 5.56. The van der Waals surface area contributed by atoms with E-state index in [-0.39, 0.29) is 0 Å². The molecule has 0 spiro atoms. The fraction of sp³-hybridized carbons (Fsp3) is 0.933. The van der Waals surface area contributed by atoms with Crippen molar-refractivity contribution >= 4 is 5.96 Å². The molecule has 4 bridgehead atoms. The Morgan fingerprint density at radius 3 is 2.16 bits per heavy atom. The molecule has 0 aromatic carbocycles. The van der Waals surface area contributed by atoms with Gasteiger partial charge in [0, 0.05) is 12.6 Å². The zero-order valence-corrected chi connectivity index (χ0v) is 12.3. The van der Waals surface area contributed by atoms with Crippen molar-refractivity contribution in [2.45, 2.75) is 58.4 Å². The van der Waals surface area contributed by atoms with Crippen LogP contribution in [0.5, 0.6) is 0 Å². The first-order valence-corrected chi connectivity index (χ1v) is 7.93. The topological polar surface area (TPSA) is 62.4 Å². The van der Waals surface area contributed by atoms with E-state index >= 15 is 0 Å². The highest BCUT2D eigenvalue weighted by Crippen LogP contribution is 2.61. The molecule has 0 amide bonds. The van der Waals surface area contributed by atoms with Crippen LogP contribution >= 0.6 is 0 Å². The van der Waals surface area contributed by atoms with Crippen molar-refractivity contribution in [3.8, 4) is 0 Å². The Kier molecular flexibility index (Phi) is 3.46. The fourth-order valence-corrected chi connectivity index (χ4v) is 5.36. The lowest BCUT2D eigenvalue weighted by molar-refractivity contribution is -0.0673. The second kappa shape index (κ2) is 4.97. The highest BCUT2D eigenvalue weighted by molar-refractivity contribution is 5.79. The number of nitrogens with two attached hydrogens (primary N) is 1. The molecule has 4 saturated carbocycles. The number of hydrogen-bond donors (Lipinski definition) is 3. The summed E-state index contributed by atoms with van der Waals surface area (Å²) in [5.74, 6) is 9.29. The summed E-state index contributed by atoms with van der Waals surface area (Å²) >= 11 is 0. The lowest BCUT2D eigenvalue weighted by Crippen LogP contribution is -2.58. The number of nitrogens with zero attached hydrogens (tertiary/aromatic N) is 1. The van der Waals surface area contributed by atoms with Gasteiger partial charge in [0.05, 0.1) is 0 Å². The molecule has 0 aliphatic heterocycles. The quantitative estimate of drug-likeness (QED) is 0.316. The Morgan fingerprint density at radius 1 is 1.21 bits per heavy atom. The first-order chi connectivity index (χ1) is 9.15. The van der Waals surface area contributed by atoms with Crippen LogP contribution in [-0.4, -0.2) is 18.5 Å². The third kappa shape index (κ3) is 2.35. The zero-order chi connectivity index (χ0) is 13.5. The second-order valence-electron chi connectivity index (χ2n) is 7.11. The molecule has 4 aliphatic carbocycles. The molecular weight excluding hydrogens is 236 g/mol. The normalized spacial score (nSPS) is 42.3. The first kappa shape index (κ1) is 13.2. The molecule has 108 valence electrons. The lowest BCUT2D eigenvalue weighted by Gasteiger charge is -2.59. The summed E-state index contributed by atoms with van der Waals surface area (Å²) in [7, 11) is 0. The summed E-state index contributed by atoms with van der Waals surface area (Å²) in [4.78, 5) is 4.38. The Labute approximate surface area is 116 Å². The van der Waals surface area contributed by atoms with Gasteiger partial charge >= 0.3 is 0 Å². The van der Waals surface area contributed by atoms with E-state index in [9.17, 15) is 0 Å². The molecule has 1 unspecified atom stereocenters. The summed E-state index contributed by atoms with van der Waals surface area (Å²) in [5, 5.41) is 3.54. The molecule has 4 heteroatoms. The number of aliphatic imine (C=N–C) groups is 1. The fourth-order valence-electron chi connectivity index (χ4n) is 5.36. The smallest absolute Gasteiger partial charge is 0.205 e. The van der Waals surface area contributed by atoms with Gasteiger partial charge in [-0.05, 0) is 75.5 Å². The molecule has 4 rings (SSSR count). The predicted octanol–water partition coefficient (Wildman–Crippen LogP) is 2.02. The molecule has 0 radical (unpaired) electrons. The number of guanidine groups is 1. The van der Waals surface area contributed by atoms with Gasteiger partial charge in [-0.1, -0.05) is 0 Å². The van der Waals surface area contributed by atoms with Crippen molar-refractivity contribution in [1.82, 2.24) is 10.7 Å². The van der Waals surface area contributed by atoms with E-state index in [1.807, 2.05) is 6.92 Å². The molecule has 0 aromatic heterocycles. The SMILES string of the molecule is CCN=C(NN)NC(C)C12CC3CC(CC(C3)C1)C2. The minimum absolute atomic E-state index is 0.474. The summed E-state index contributed by atoms with van der Waals surface area (Å²) in [6.07, 6.45) is 8.73. The van der Waals surface area contributed by atoms with Gasteiger partial charge in [-0.2, -0.15) is 0 Å². The van der Waals surface area contributed by atoms with Gasteiger partial charge in [-0.25, -0.2) is 5.84 Å². The van der Waals surface area contributed by atoms with Crippen LogP contribution in [0.1, 0.15) is 52.4 Å². The third-order valence-corrected chi connectivity index (χ3v) is 5.81. The average molecular weight is 264 g/mol. The molecule has 4 N–H and O–H groups in total. The van der Waals surface area contributed by atoms with Crippen LogP contribution in [0.4, 0.5) is 0 Å². The maximum absolute atomic E-state index is 5.56. The van der Waals surface area contributed by atoms with E-state index in [1.165, 1.54) is 38.5 Å². The van der Waals surface area contributed by atoms with E-state index in [2.05, 4.69) is 22.7 Å². The summed E-state index contributed by atoms with van der Waals surface area (Å²) < 4.78 is 0. The minimum atomic E-state index is 0.474. The van der Waals surface area contributed by atoms with Gasteiger partial charge < -0.3 is 5.32 Å². The lowest BCUT2D eigenvalue weighted by atomic mass is 9.48. The van der Waals surface area contributed by atoms with Gasteiger partial charge in [0.25, 0.3) is 0 Å². The zero-order valence-electron chi connectivity index (χ0n) is 12.3. The number of nitrogens with one attached hydrogen (secondary N) is 2. The summed E-state index contributed by atoms with van der Waals surface area (Å²) in [6.45, 7) is 5.13.